The van der Waals surface area contributed by atoms with Crippen LogP contribution in [0.3, 0.4) is 0 Å². The molecule has 18 heavy (non-hydrogen) atoms. The number of carbonyl (C=O) groups excluding carboxylic acids is 1. The highest BCUT2D eigenvalue weighted by Gasteiger charge is 2.13. The molecule has 2 aromatic rings. The number of hydrogen-bond acceptors (Lipinski definition) is 2. The lowest BCUT2D eigenvalue weighted by molar-refractivity contribution is 0.112. The molecule has 0 fully saturated rings. The molecule has 3 nitrogen and oxygen atoms in total. The second-order valence-corrected chi connectivity index (χ2v) is 4.55. The Morgan fingerprint density at radius 3 is 2.61 bits per heavy atom. The van der Waals surface area contributed by atoms with Crippen LogP contribution in [0.25, 0.3) is 11.1 Å². The summed E-state index contributed by atoms with van der Waals surface area (Å²) in [6, 6.07) is 4.38. The van der Waals surface area contributed by atoms with Crippen LogP contribution >= 0.6 is 0 Å². The maximum atomic E-state index is 13.3. The minimum absolute atomic E-state index is 0.227. The van der Waals surface area contributed by atoms with Crippen LogP contribution in [0.5, 0.6) is 0 Å². The summed E-state index contributed by atoms with van der Waals surface area (Å²) in [5.41, 5.74) is 2.65. The number of nitrogens with zero attached hydrogens (tertiary/aromatic N) is 2. The third-order valence-electron chi connectivity index (χ3n) is 2.88. The molecule has 94 valence electrons. The summed E-state index contributed by atoms with van der Waals surface area (Å²) in [6.45, 7) is 5.89. The molecular formula is C14H15FN2O. The van der Waals surface area contributed by atoms with Gasteiger partial charge in [-0.25, -0.2) is 4.39 Å². The van der Waals surface area contributed by atoms with Crippen molar-refractivity contribution < 1.29 is 9.18 Å². The molecule has 0 bridgehead atoms. The molecule has 0 unspecified atom stereocenters. The predicted molar refractivity (Wildman–Crippen MR) is 68.1 cm³/mol. The summed E-state index contributed by atoms with van der Waals surface area (Å²) in [5.74, 6) is -0.354. The summed E-state index contributed by atoms with van der Waals surface area (Å²) < 4.78 is 15.1. The first-order chi connectivity index (χ1) is 8.52. The first-order valence-electron chi connectivity index (χ1n) is 5.83. The van der Waals surface area contributed by atoms with Gasteiger partial charge >= 0.3 is 0 Å². The van der Waals surface area contributed by atoms with Crippen LogP contribution in [0.4, 0.5) is 4.39 Å². The average Bonchev–Trinajstić information content (AvgIpc) is 2.71. The molecule has 0 spiro atoms. The van der Waals surface area contributed by atoms with E-state index in [1.54, 1.807) is 0 Å². The van der Waals surface area contributed by atoms with Crippen molar-refractivity contribution in [1.29, 1.82) is 0 Å². The van der Waals surface area contributed by atoms with Gasteiger partial charge in [-0.3, -0.25) is 9.48 Å². The van der Waals surface area contributed by atoms with Crippen molar-refractivity contribution in [2.24, 2.45) is 0 Å². The van der Waals surface area contributed by atoms with E-state index in [0.717, 1.165) is 17.5 Å². The highest BCUT2D eigenvalue weighted by atomic mass is 19.1. The van der Waals surface area contributed by atoms with Crippen molar-refractivity contribution in [3.63, 3.8) is 0 Å². The van der Waals surface area contributed by atoms with E-state index >= 15 is 0 Å². The molecule has 0 aliphatic rings. The van der Waals surface area contributed by atoms with Gasteiger partial charge in [0, 0.05) is 23.4 Å². The van der Waals surface area contributed by atoms with Gasteiger partial charge in [-0.05, 0) is 44.5 Å². The van der Waals surface area contributed by atoms with E-state index in [2.05, 4.69) is 5.10 Å². The third-order valence-corrected chi connectivity index (χ3v) is 2.88. The highest BCUT2D eigenvalue weighted by molar-refractivity contribution is 5.87. The Kier molecular flexibility index (Phi) is 3.28. The molecule has 1 aromatic heterocycles. The van der Waals surface area contributed by atoms with E-state index < -0.39 is 0 Å². The van der Waals surface area contributed by atoms with E-state index in [9.17, 15) is 9.18 Å². The lowest BCUT2D eigenvalue weighted by atomic mass is 10.0. The van der Waals surface area contributed by atoms with Crippen LogP contribution in [-0.4, -0.2) is 16.1 Å². The van der Waals surface area contributed by atoms with Crippen molar-refractivity contribution in [1.82, 2.24) is 9.78 Å². The molecule has 0 saturated heterocycles. The van der Waals surface area contributed by atoms with Crippen molar-refractivity contribution in [3.05, 3.63) is 41.5 Å². The van der Waals surface area contributed by atoms with Crippen molar-refractivity contribution in [2.45, 2.75) is 26.8 Å². The second-order valence-electron chi connectivity index (χ2n) is 4.55. The zero-order chi connectivity index (χ0) is 13.3. The first kappa shape index (κ1) is 12.5. The number of aryl methyl sites for hydroxylation is 1. The minimum atomic E-state index is -0.354. The fourth-order valence-corrected chi connectivity index (χ4v) is 1.88. The summed E-state index contributed by atoms with van der Waals surface area (Å²) in [6.07, 6.45) is 2.59. The number of carbonyl (C=O) groups is 1. The normalized spacial score (nSPS) is 10.9. The third kappa shape index (κ3) is 2.18. The van der Waals surface area contributed by atoms with Crippen LogP contribution in [0.1, 0.15) is 35.9 Å². The van der Waals surface area contributed by atoms with E-state index in [-0.39, 0.29) is 11.9 Å². The SMILES string of the molecule is Cc1nn(C(C)C)cc1-c1cc(F)ccc1C=O. The Labute approximate surface area is 105 Å². The number of rotatable bonds is 3. The molecule has 0 atom stereocenters. The van der Waals surface area contributed by atoms with Crippen LogP contribution in [0.15, 0.2) is 24.4 Å². The van der Waals surface area contributed by atoms with Crippen LogP contribution in [0.2, 0.25) is 0 Å². The van der Waals surface area contributed by atoms with Gasteiger partial charge in [0.05, 0.1) is 5.69 Å². The molecule has 0 N–H and O–H groups in total. The molecule has 4 heteroatoms. The standard InChI is InChI=1S/C14H15FN2O/c1-9(2)17-7-14(10(3)16-17)13-6-12(15)5-4-11(13)8-18/h4-9H,1-3H3. The first-order valence-corrected chi connectivity index (χ1v) is 5.83. The van der Waals surface area contributed by atoms with Gasteiger partial charge in [0.15, 0.2) is 6.29 Å². The lowest BCUT2D eigenvalue weighted by Crippen LogP contribution is -2.00. The van der Waals surface area contributed by atoms with E-state index in [4.69, 9.17) is 0 Å². The molecule has 0 radical (unpaired) electrons. The molecule has 0 saturated carbocycles. The molecule has 0 amide bonds. The van der Waals surface area contributed by atoms with Gasteiger partial charge in [0.2, 0.25) is 0 Å². The minimum Gasteiger partial charge on any atom is -0.298 e. The highest BCUT2D eigenvalue weighted by Crippen LogP contribution is 2.27. The zero-order valence-corrected chi connectivity index (χ0v) is 10.6. The Morgan fingerprint density at radius 2 is 2.06 bits per heavy atom. The number of aromatic nitrogens is 2. The number of benzene rings is 1. The van der Waals surface area contributed by atoms with Gasteiger partial charge < -0.3 is 0 Å². The Bertz CT molecular complexity index is 587. The fourth-order valence-electron chi connectivity index (χ4n) is 1.88. The lowest BCUT2D eigenvalue weighted by Gasteiger charge is -2.04. The molecule has 0 aliphatic heterocycles. The molecular weight excluding hydrogens is 231 g/mol. The summed E-state index contributed by atoms with van der Waals surface area (Å²) in [7, 11) is 0. The number of aldehydes is 1. The molecule has 2 rings (SSSR count). The monoisotopic (exact) mass is 246 g/mol. The van der Waals surface area contributed by atoms with Gasteiger partial charge in [0.25, 0.3) is 0 Å². The maximum absolute atomic E-state index is 13.3. The maximum Gasteiger partial charge on any atom is 0.150 e. The Balaban J connectivity index is 2.60. The Hall–Kier alpha value is -1.97. The smallest absolute Gasteiger partial charge is 0.150 e. The summed E-state index contributed by atoms with van der Waals surface area (Å²) in [5, 5.41) is 4.37. The fraction of sp³-hybridized carbons (Fsp3) is 0.286. The predicted octanol–water partition coefficient (Wildman–Crippen LogP) is 3.39. The van der Waals surface area contributed by atoms with E-state index in [1.807, 2.05) is 31.6 Å². The topological polar surface area (TPSA) is 34.9 Å². The van der Waals surface area contributed by atoms with Crippen LogP contribution < -0.4 is 0 Å². The van der Waals surface area contributed by atoms with Gasteiger partial charge in [0.1, 0.15) is 5.82 Å². The van der Waals surface area contributed by atoms with Crippen molar-refractivity contribution in [2.75, 3.05) is 0 Å². The molecule has 0 aliphatic carbocycles. The molecule has 1 heterocycles. The van der Waals surface area contributed by atoms with Crippen molar-refractivity contribution >= 4 is 6.29 Å². The summed E-state index contributed by atoms with van der Waals surface area (Å²) in [4.78, 5) is 11.0. The van der Waals surface area contributed by atoms with E-state index in [1.165, 1.54) is 18.2 Å². The van der Waals surface area contributed by atoms with Crippen molar-refractivity contribution in [3.8, 4) is 11.1 Å². The second kappa shape index (κ2) is 4.72. The van der Waals surface area contributed by atoms with Gasteiger partial charge in [-0.15, -0.1) is 0 Å². The Morgan fingerprint density at radius 1 is 1.33 bits per heavy atom. The zero-order valence-electron chi connectivity index (χ0n) is 10.6. The number of halogens is 1. The van der Waals surface area contributed by atoms with E-state index in [0.29, 0.717) is 11.1 Å². The molecule has 1 aromatic carbocycles. The van der Waals surface area contributed by atoms with Crippen LogP contribution in [-0.2, 0) is 0 Å². The number of hydrogen-bond donors (Lipinski definition) is 0. The largest absolute Gasteiger partial charge is 0.298 e. The summed E-state index contributed by atoms with van der Waals surface area (Å²) >= 11 is 0. The van der Waals surface area contributed by atoms with Gasteiger partial charge in [-0.1, -0.05) is 0 Å². The van der Waals surface area contributed by atoms with Gasteiger partial charge in [-0.2, -0.15) is 5.10 Å². The average molecular weight is 246 g/mol. The quantitative estimate of drug-likeness (QED) is 0.778. The van der Waals surface area contributed by atoms with Crippen LogP contribution in [0, 0.1) is 12.7 Å².